The summed E-state index contributed by atoms with van der Waals surface area (Å²) >= 11 is 6.49. The maximum Gasteiger partial charge on any atom is 0.262 e. The van der Waals surface area contributed by atoms with Crippen LogP contribution in [0.2, 0.25) is 5.02 Å². The van der Waals surface area contributed by atoms with Gasteiger partial charge in [0.15, 0.2) is 6.61 Å². The van der Waals surface area contributed by atoms with Crippen LogP contribution in [0.4, 0.5) is 5.69 Å². The molecule has 1 amide bonds. The van der Waals surface area contributed by atoms with Crippen LogP contribution in [0.25, 0.3) is 22.4 Å². The molecule has 1 aliphatic rings. The molecule has 0 radical (unpaired) electrons. The second-order valence-corrected chi connectivity index (χ2v) is 10.6. The van der Waals surface area contributed by atoms with E-state index in [0.717, 1.165) is 39.1 Å². The van der Waals surface area contributed by atoms with Gasteiger partial charge in [0, 0.05) is 22.3 Å². The minimum absolute atomic E-state index is 0.00574. The monoisotopic (exact) mass is 567 g/mol. The second-order valence-electron chi connectivity index (χ2n) is 10.2. The highest BCUT2D eigenvalue weighted by molar-refractivity contribution is 6.30. The Labute approximate surface area is 249 Å². The largest absolute Gasteiger partial charge is 0.482 e. The lowest BCUT2D eigenvalue weighted by molar-refractivity contribution is -0.118. The lowest BCUT2D eigenvalue weighted by Gasteiger charge is -2.36. The van der Waals surface area contributed by atoms with Gasteiger partial charge in [-0.05, 0) is 46.5 Å². The Morgan fingerprint density at radius 2 is 1.33 bits per heavy atom. The Balaban J connectivity index is 1.55. The molecule has 1 aromatic heterocycles. The van der Waals surface area contributed by atoms with Gasteiger partial charge in [0.2, 0.25) is 0 Å². The van der Waals surface area contributed by atoms with E-state index in [2.05, 4.69) is 89.0 Å². The van der Waals surface area contributed by atoms with Gasteiger partial charge >= 0.3 is 0 Å². The molecule has 204 valence electrons. The maximum atomic E-state index is 12.1. The number of rotatable bonds is 6. The van der Waals surface area contributed by atoms with Crippen molar-refractivity contribution in [1.29, 1.82) is 0 Å². The SMILES string of the molecule is O=C1COc2ccc(-c3cn(C(c4ccccc4)(c4ccccc4)c4ccccc4)nc3-c3cccc(Cl)c3)cc2N1. The van der Waals surface area contributed by atoms with E-state index < -0.39 is 5.54 Å². The number of nitrogens with one attached hydrogen (secondary N) is 1. The fourth-order valence-corrected chi connectivity index (χ4v) is 5.98. The molecule has 0 bridgehead atoms. The summed E-state index contributed by atoms with van der Waals surface area (Å²) in [4.78, 5) is 12.1. The zero-order valence-corrected chi connectivity index (χ0v) is 23.3. The number of hydrogen-bond acceptors (Lipinski definition) is 3. The number of carbonyl (C=O) groups is 1. The summed E-state index contributed by atoms with van der Waals surface area (Å²) in [6, 6.07) is 44.9. The van der Waals surface area contributed by atoms with Crippen molar-refractivity contribution in [2.45, 2.75) is 5.54 Å². The maximum absolute atomic E-state index is 12.1. The van der Waals surface area contributed by atoms with Crippen LogP contribution in [0.3, 0.4) is 0 Å². The van der Waals surface area contributed by atoms with E-state index in [1.54, 1.807) is 0 Å². The third kappa shape index (κ3) is 4.44. The summed E-state index contributed by atoms with van der Waals surface area (Å²) < 4.78 is 7.70. The molecule has 2 heterocycles. The van der Waals surface area contributed by atoms with Crippen molar-refractivity contribution >= 4 is 23.2 Å². The number of nitrogens with zero attached hydrogens (tertiary/aromatic N) is 2. The minimum Gasteiger partial charge on any atom is -0.482 e. The summed E-state index contributed by atoms with van der Waals surface area (Å²) in [5.41, 5.74) is 6.50. The van der Waals surface area contributed by atoms with Crippen molar-refractivity contribution in [1.82, 2.24) is 9.78 Å². The smallest absolute Gasteiger partial charge is 0.262 e. The van der Waals surface area contributed by atoms with Crippen molar-refractivity contribution in [2.75, 3.05) is 11.9 Å². The zero-order chi connectivity index (χ0) is 28.5. The van der Waals surface area contributed by atoms with Crippen molar-refractivity contribution in [3.63, 3.8) is 0 Å². The van der Waals surface area contributed by atoms with E-state index in [1.807, 2.05) is 60.7 Å². The first-order valence-electron chi connectivity index (χ1n) is 13.7. The molecule has 7 rings (SSSR count). The molecular weight excluding hydrogens is 542 g/mol. The first-order chi connectivity index (χ1) is 20.6. The first-order valence-corrected chi connectivity index (χ1v) is 14.1. The summed E-state index contributed by atoms with van der Waals surface area (Å²) in [7, 11) is 0. The summed E-state index contributed by atoms with van der Waals surface area (Å²) in [6.45, 7) is 0.00574. The first kappa shape index (κ1) is 25.8. The van der Waals surface area contributed by atoms with Gasteiger partial charge in [0.1, 0.15) is 17.0 Å². The van der Waals surface area contributed by atoms with Crippen molar-refractivity contribution in [3.05, 3.63) is 161 Å². The highest BCUT2D eigenvalue weighted by Crippen LogP contribution is 2.44. The van der Waals surface area contributed by atoms with Crippen LogP contribution in [0.5, 0.6) is 5.75 Å². The van der Waals surface area contributed by atoms with Gasteiger partial charge in [0.05, 0.1) is 5.69 Å². The Bertz CT molecular complexity index is 1790. The highest BCUT2D eigenvalue weighted by atomic mass is 35.5. The molecular formula is C36H26ClN3O2. The van der Waals surface area contributed by atoms with Gasteiger partial charge in [-0.2, -0.15) is 5.10 Å². The lowest BCUT2D eigenvalue weighted by Crippen LogP contribution is -2.38. The molecule has 1 N–H and O–H groups in total. The molecule has 6 heteroatoms. The highest BCUT2D eigenvalue weighted by Gasteiger charge is 2.40. The van der Waals surface area contributed by atoms with Crippen molar-refractivity contribution in [2.24, 2.45) is 0 Å². The third-order valence-corrected chi connectivity index (χ3v) is 7.89. The number of benzene rings is 5. The van der Waals surface area contributed by atoms with E-state index in [-0.39, 0.29) is 12.5 Å². The van der Waals surface area contributed by atoms with Gasteiger partial charge in [-0.3, -0.25) is 9.48 Å². The molecule has 0 atom stereocenters. The Hall–Kier alpha value is -5.13. The number of anilines is 1. The Kier molecular flexibility index (Phi) is 6.57. The van der Waals surface area contributed by atoms with E-state index in [4.69, 9.17) is 21.4 Å². The van der Waals surface area contributed by atoms with Crippen LogP contribution in [0, 0.1) is 0 Å². The number of fused-ring (bicyclic) bond motifs is 1. The minimum atomic E-state index is -0.791. The number of ether oxygens (including phenoxy) is 1. The van der Waals surface area contributed by atoms with Crippen LogP contribution in [0.15, 0.2) is 140 Å². The second kappa shape index (κ2) is 10.7. The van der Waals surface area contributed by atoms with E-state index in [9.17, 15) is 4.79 Å². The van der Waals surface area contributed by atoms with Crippen LogP contribution in [0.1, 0.15) is 16.7 Å². The quantitative estimate of drug-likeness (QED) is 0.207. The topological polar surface area (TPSA) is 56.2 Å². The molecule has 6 aromatic rings. The third-order valence-electron chi connectivity index (χ3n) is 7.65. The van der Waals surface area contributed by atoms with Crippen LogP contribution >= 0.6 is 11.6 Å². The van der Waals surface area contributed by atoms with E-state index in [0.29, 0.717) is 16.5 Å². The average Bonchev–Trinajstić information content (AvgIpc) is 3.48. The predicted molar refractivity (Wildman–Crippen MR) is 167 cm³/mol. The van der Waals surface area contributed by atoms with Crippen LogP contribution < -0.4 is 10.1 Å². The van der Waals surface area contributed by atoms with Gasteiger partial charge in [-0.15, -0.1) is 0 Å². The van der Waals surface area contributed by atoms with Gasteiger partial charge in [-0.1, -0.05) is 121 Å². The number of amides is 1. The molecule has 1 aliphatic heterocycles. The fraction of sp³-hybridized carbons (Fsp3) is 0.0556. The fourth-order valence-electron chi connectivity index (χ4n) is 5.79. The number of hydrogen-bond donors (Lipinski definition) is 1. The molecule has 5 aromatic carbocycles. The lowest BCUT2D eigenvalue weighted by atomic mass is 9.77. The number of carbonyl (C=O) groups excluding carboxylic acids is 1. The molecule has 5 nitrogen and oxygen atoms in total. The molecule has 0 saturated carbocycles. The van der Waals surface area contributed by atoms with Gasteiger partial charge in [0.25, 0.3) is 5.91 Å². The molecule has 0 spiro atoms. The van der Waals surface area contributed by atoms with Crippen molar-refractivity contribution in [3.8, 4) is 28.1 Å². The van der Waals surface area contributed by atoms with Gasteiger partial charge < -0.3 is 10.1 Å². The molecule has 0 unspecified atom stereocenters. The van der Waals surface area contributed by atoms with Crippen molar-refractivity contribution < 1.29 is 9.53 Å². The Morgan fingerprint density at radius 1 is 0.714 bits per heavy atom. The standard InChI is InChI=1S/C36H26ClN3O2/c37-30-18-10-11-26(21-30)35-31(25-19-20-33-32(22-25)38-34(41)24-42-33)23-40(39-35)36(27-12-4-1-5-13-27,28-14-6-2-7-15-28)29-16-8-3-9-17-29/h1-23H,24H2,(H,38,41). The molecule has 0 saturated heterocycles. The predicted octanol–water partition coefficient (Wildman–Crippen LogP) is 8.04. The molecule has 0 aliphatic carbocycles. The number of aromatic nitrogens is 2. The summed E-state index contributed by atoms with van der Waals surface area (Å²) in [5, 5.41) is 8.93. The number of halogens is 1. The van der Waals surface area contributed by atoms with Crippen LogP contribution in [-0.2, 0) is 10.3 Å². The van der Waals surface area contributed by atoms with E-state index in [1.165, 1.54) is 0 Å². The normalized spacial score (nSPS) is 12.7. The zero-order valence-electron chi connectivity index (χ0n) is 22.6. The molecule has 0 fully saturated rings. The van der Waals surface area contributed by atoms with Crippen LogP contribution in [-0.4, -0.2) is 22.3 Å². The van der Waals surface area contributed by atoms with E-state index >= 15 is 0 Å². The Morgan fingerprint density at radius 3 is 1.93 bits per heavy atom. The summed E-state index contributed by atoms with van der Waals surface area (Å²) in [6.07, 6.45) is 2.09. The molecule has 42 heavy (non-hydrogen) atoms. The average molecular weight is 568 g/mol. The summed E-state index contributed by atoms with van der Waals surface area (Å²) in [5.74, 6) is 0.462. The van der Waals surface area contributed by atoms with Gasteiger partial charge in [-0.25, -0.2) is 0 Å².